The minimum absolute atomic E-state index is 0.00226. The van der Waals surface area contributed by atoms with Gasteiger partial charge in [0.25, 0.3) is 5.91 Å². The van der Waals surface area contributed by atoms with Crippen LogP contribution in [0.3, 0.4) is 0 Å². The van der Waals surface area contributed by atoms with Gasteiger partial charge in [0.2, 0.25) is 5.78 Å². The van der Waals surface area contributed by atoms with Crippen molar-refractivity contribution >= 4 is 23.3 Å². The van der Waals surface area contributed by atoms with Crippen LogP contribution in [-0.2, 0) is 16.0 Å². The number of nitrogens with one attached hydrogen (secondary N) is 1. The smallest absolute Gasteiger partial charge is 0.287 e. The highest BCUT2D eigenvalue weighted by molar-refractivity contribution is 6.36. The molecule has 0 aliphatic heterocycles. The molecule has 1 amide bonds. The summed E-state index contributed by atoms with van der Waals surface area (Å²) >= 11 is 5.64. The number of ketones is 1. The van der Waals surface area contributed by atoms with Crippen LogP contribution in [0, 0.1) is 11.7 Å². The van der Waals surface area contributed by atoms with Gasteiger partial charge in [-0.3, -0.25) is 9.59 Å². The first kappa shape index (κ1) is 19.6. The zero-order chi connectivity index (χ0) is 18.2. The van der Waals surface area contributed by atoms with E-state index in [4.69, 9.17) is 11.6 Å². The molecular formula is C20H25ClFNO2. The van der Waals surface area contributed by atoms with Crippen LogP contribution in [-0.4, -0.2) is 17.7 Å². The number of allylic oxidation sites excluding steroid dienone is 1. The Balaban J connectivity index is 1.96. The van der Waals surface area contributed by atoms with E-state index in [1.54, 1.807) is 6.07 Å². The second-order valence-electron chi connectivity index (χ2n) is 6.69. The molecule has 0 spiro atoms. The number of carbonyl (C=O) groups excluding carboxylic acids is 2. The monoisotopic (exact) mass is 365 g/mol. The first-order chi connectivity index (χ1) is 12.0. The van der Waals surface area contributed by atoms with Crippen molar-refractivity contribution in [3.63, 3.8) is 0 Å². The maximum Gasteiger partial charge on any atom is 0.287 e. The Morgan fingerprint density at radius 3 is 2.68 bits per heavy atom. The molecule has 1 aliphatic rings. The SMILES string of the molecule is C=CCCC(NC(=O)C(=O)Cc1ccc(Cl)c(F)c1)C1CCCCC1. The van der Waals surface area contributed by atoms with Gasteiger partial charge in [0, 0.05) is 12.5 Å². The van der Waals surface area contributed by atoms with Gasteiger partial charge in [-0.2, -0.15) is 0 Å². The third-order valence-corrected chi connectivity index (χ3v) is 5.13. The van der Waals surface area contributed by atoms with Crippen LogP contribution in [0.15, 0.2) is 30.9 Å². The van der Waals surface area contributed by atoms with E-state index < -0.39 is 17.5 Å². The molecule has 1 saturated carbocycles. The Labute approximate surface area is 153 Å². The number of amides is 1. The number of Topliss-reactive ketones (excluding diaryl/α,β-unsaturated/α-hetero) is 1. The second kappa shape index (κ2) is 9.71. The van der Waals surface area contributed by atoms with Crippen LogP contribution >= 0.6 is 11.6 Å². The van der Waals surface area contributed by atoms with Gasteiger partial charge in [-0.1, -0.05) is 43.0 Å². The maximum atomic E-state index is 13.5. The van der Waals surface area contributed by atoms with E-state index in [0.29, 0.717) is 11.5 Å². The van der Waals surface area contributed by atoms with Gasteiger partial charge in [-0.05, 0) is 49.3 Å². The number of carbonyl (C=O) groups is 2. The Morgan fingerprint density at radius 2 is 2.04 bits per heavy atom. The number of hydrogen-bond donors (Lipinski definition) is 1. The van der Waals surface area contributed by atoms with Crippen LogP contribution in [0.4, 0.5) is 4.39 Å². The molecule has 5 heteroatoms. The van der Waals surface area contributed by atoms with Crippen molar-refractivity contribution in [1.82, 2.24) is 5.32 Å². The molecule has 0 bridgehead atoms. The van der Waals surface area contributed by atoms with Crippen LogP contribution in [0.2, 0.25) is 5.02 Å². The minimum Gasteiger partial charge on any atom is -0.346 e. The van der Waals surface area contributed by atoms with Gasteiger partial charge < -0.3 is 5.32 Å². The molecule has 1 aromatic rings. The van der Waals surface area contributed by atoms with Crippen molar-refractivity contribution in [3.05, 3.63) is 47.3 Å². The Kier molecular flexibility index (Phi) is 7.63. The highest BCUT2D eigenvalue weighted by Crippen LogP contribution is 2.28. The number of benzene rings is 1. The molecule has 1 aliphatic carbocycles. The summed E-state index contributed by atoms with van der Waals surface area (Å²) < 4.78 is 13.5. The normalized spacial score (nSPS) is 16.2. The fraction of sp³-hybridized carbons (Fsp3) is 0.500. The summed E-state index contributed by atoms with van der Waals surface area (Å²) in [7, 11) is 0. The van der Waals surface area contributed by atoms with E-state index in [1.807, 2.05) is 6.08 Å². The molecule has 25 heavy (non-hydrogen) atoms. The predicted molar refractivity (Wildman–Crippen MR) is 98.1 cm³/mol. The van der Waals surface area contributed by atoms with Crippen molar-refractivity contribution < 1.29 is 14.0 Å². The largest absolute Gasteiger partial charge is 0.346 e. The van der Waals surface area contributed by atoms with E-state index >= 15 is 0 Å². The Morgan fingerprint density at radius 1 is 1.32 bits per heavy atom. The lowest BCUT2D eigenvalue weighted by atomic mass is 9.82. The molecule has 0 saturated heterocycles. The molecular weight excluding hydrogens is 341 g/mol. The number of hydrogen-bond acceptors (Lipinski definition) is 2. The van der Waals surface area contributed by atoms with Gasteiger partial charge in [0.05, 0.1) is 5.02 Å². The molecule has 1 fully saturated rings. The standard InChI is InChI=1S/C20H25ClFNO2/c1-2-3-9-18(15-7-5-4-6-8-15)23-20(25)19(24)13-14-10-11-16(21)17(22)12-14/h2,10-12,15,18H,1,3-9,13H2,(H,23,25). The topological polar surface area (TPSA) is 46.2 Å². The highest BCUT2D eigenvalue weighted by atomic mass is 35.5. The third kappa shape index (κ3) is 5.96. The summed E-state index contributed by atoms with van der Waals surface area (Å²) in [5.74, 6) is -1.31. The van der Waals surface area contributed by atoms with Gasteiger partial charge in [0.1, 0.15) is 5.82 Å². The molecule has 0 radical (unpaired) electrons. The van der Waals surface area contributed by atoms with Crippen molar-refractivity contribution in [2.24, 2.45) is 5.92 Å². The van der Waals surface area contributed by atoms with E-state index in [1.165, 1.54) is 31.4 Å². The fourth-order valence-electron chi connectivity index (χ4n) is 3.42. The van der Waals surface area contributed by atoms with E-state index in [9.17, 15) is 14.0 Å². The van der Waals surface area contributed by atoms with E-state index in [-0.39, 0.29) is 17.5 Å². The van der Waals surface area contributed by atoms with E-state index in [2.05, 4.69) is 11.9 Å². The highest BCUT2D eigenvalue weighted by Gasteiger charge is 2.26. The summed E-state index contributed by atoms with van der Waals surface area (Å²) in [4.78, 5) is 24.5. The third-order valence-electron chi connectivity index (χ3n) is 4.82. The summed E-state index contributed by atoms with van der Waals surface area (Å²) in [6.45, 7) is 3.74. The molecule has 2 rings (SSSR count). The zero-order valence-corrected chi connectivity index (χ0v) is 15.2. The van der Waals surface area contributed by atoms with Crippen LogP contribution < -0.4 is 5.32 Å². The quantitative estimate of drug-likeness (QED) is 0.539. The lowest BCUT2D eigenvalue weighted by Gasteiger charge is -2.30. The lowest BCUT2D eigenvalue weighted by molar-refractivity contribution is -0.138. The maximum absolute atomic E-state index is 13.5. The van der Waals surface area contributed by atoms with Crippen molar-refractivity contribution in [1.29, 1.82) is 0 Å². The zero-order valence-electron chi connectivity index (χ0n) is 14.4. The lowest BCUT2D eigenvalue weighted by Crippen LogP contribution is -2.44. The van der Waals surface area contributed by atoms with Crippen molar-refractivity contribution in [2.45, 2.75) is 57.4 Å². The molecule has 3 nitrogen and oxygen atoms in total. The fourth-order valence-corrected chi connectivity index (χ4v) is 3.54. The van der Waals surface area contributed by atoms with Crippen LogP contribution in [0.1, 0.15) is 50.5 Å². The predicted octanol–water partition coefficient (Wildman–Crippen LogP) is 4.62. The molecule has 1 atom stereocenters. The summed E-state index contributed by atoms with van der Waals surface area (Å²) in [6.07, 6.45) is 9.04. The minimum atomic E-state index is -0.588. The first-order valence-electron chi connectivity index (χ1n) is 8.89. The van der Waals surface area contributed by atoms with Gasteiger partial charge in [-0.25, -0.2) is 4.39 Å². The Hall–Kier alpha value is -1.68. The van der Waals surface area contributed by atoms with Crippen molar-refractivity contribution in [3.8, 4) is 0 Å². The summed E-state index contributed by atoms with van der Waals surface area (Å²) in [5, 5.41) is 2.91. The molecule has 1 N–H and O–H groups in total. The van der Waals surface area contributed by atoms with Gasteiger partial charge >= 0.3 is 0 Å². The van der Waals surface area contributed by atoms with Gasteiger partial charge in [-0.15, -0.1) is 6.58 Å². The Bertz CT molecular complexity index is 626. The average Bonchev–Trinajstić information content (AvgIpc) is 2.62. The van der Waals surface area contributed by atoms with E-state index in [0.717, 1.165) is 25.7 Å². The summed E-state index contributed by atoms with van der Waals surface area (Å²) in [6, 6.07) is 4.15. The van der Waals surface area contributed by atoms with Crippen LogP contribution in [0.25, 0.3) is 0 Å². The molecule has 0 heterocycles. The first-order valence-corrected chi connectivity index (χ1v) is 9.27. The van der Waals surface area contributed by atoms with Crippen LogP contribution in [0.5, 0.6) is 0 Å². The van der Waals surface area contributed by atoms with Gasteiger partial charge in [0.15, 0.2) is 0 Å². The number of halogens is 2. The van der Waals surface area contributed by atoms with Crippen molar-refractivity contribution in [2.75, 3.05) is 0 Å². The average molecular weight is 366 g/mol. The molecule has 1 unspecified atom stereocenters. The molecule has 1 aromatic carbocycles. The molecule has 0 aromatic heterocycles. The number of rotatable bonds is 8. The molecule has 136 valence electrons. The summed E-state index contributed by atoms with van der Waals surface area (Å²) in [5.41, 5.74) is 0.447. The second-order valence-corrected chi connectivity index (χ2v) is 7.10.